The molecule has 0 unspecified atom stereocenters. The number of carbonyl (C=O) groups is 1. The highest BCUT2D eigenvalue weighted by atomic mass is 35.5. The highest BCUT2D eigenvalue weighted by molar-refractivity contribution is 6.29. The molecule has 1 aliphatic rings. The third-order valence-electron chi connectivity index (χ3n) is 3.32. The average Bonchev–Trinajstić information content (AvgIpc) is 2.49. The molecule has 0 fully saturated rings. The van der Waals surface area contributed by atoms with Gasteiger partial charge in [-0.25, -0.2) is 4.98 Å². The van der Waals surface area contributed by atoms with Crippen molar-refractivity contribution in [2.75, 3.05) is 17.2 Å². The highest BCUT2D eigenvalue weighted by Crippen LogP contribution is 2.26. The Hall–Kier alpha value is -2.07. The zero-order chi connectivity index (χ0) is 13.9. The maximum Gasteiger partial charge on any atom is 0.256 e. The van der Waals surface area contributed by atoms with E-state index < -0.39 is 0 Å². The van der Waals surface area contributed by atoms with Gasteiger partial charge in [-0.05, 0) is 42.7 Å². The third kappa shape index (κ3) is 2.60. The van der Waals surface area contributed by atoms with Crippen molar-refractivity contribution in [1.29, 1.82) is 0 Å². The number of benzene rings is 1. The molecule has 2 aromatic rings. The minimum Gasteiger partial charge on any atom is -0.385 e. The number of hydrogen-bond acceptors (Lipinski definition) is 3. The summed E-state index contributed by atoms with van der Waals surface area (Å²) in [4.78, 5) is 16.3. The molecule has 20 heavy (non-hydrogen) atoms. The first kappa shape index (κ1) is 12.9. The fourth-order valence-electron chi connectivity index (χ4n) is 2.37. The molecule has 3 rings (SSSR count). The molecule has 2 heterocycles. The molecule has 1 amide bonds. The van der Waals surface area contributed by atoms with Crippen LogP contribution in [0, 0.1) is 0 Å². The Morgan fingerprint density at radius 1 is 1.30 bits per heavy atom. The third-order valence-corrected chi connectivity index (χ3v) is 3.55. The lowest BCUT2D eigenvalue weighted by Crippen LogP contribution is -2.19. The second-order valence-corrected chi connectivity index (χ2v) is 5.07. The Balaban J connectivity index is 1.85. The summed E-state index contributed by atoms with van der Waals surface area (Å²) < 4.78 is 0. The molecule has 1 aliphatic heterocycles. The van der Waals surface area contributed by atoms with Crippen LogP contribution in [0.15, 0.2) is 36.5 Å². The van der Waals surface area contributed by atoms with Crippen LogP contribution in [0.3, 0.4) is 0 Å². The van der Waals surface area contributed by atoms with Crippen LogP contribution < -0.4 is 10.6 Å². The number of hydrogen-bond donors (Lipinski definition) is 2. The van der Waals surface area contributed by atoms with Gasteiger partial charge < -0.3 is 10.6 Å². The molecular formula is C15H14ClN3O. The van der Waals surface area contributed by atoms with Crippen LogP contribution in [0.1, 0.15) is 22.3 Å². The molecule has 5 heteroatoms. The van der Waals surface area contributed by atoms with Crippen LogP contribution in [0.25, 0.3) is 0 Å². The van der Waals surface area contributed by atoms with Crippen molar-refractivity contribution in [3.8, 4) is 0 Å². The molecule has 0 aliphatic carbocycles. The van der Waals surface area contributed by atoms with Gasteiger partial charge in [0.25, 0.3) is 5.91 Å². The summed E-state index contributed by atoms with van der Waals surface area (Å²) in [5, 5.41) is 6.57. The van der Waals surface area contributed by atoms with Crippen molar-refractivity contribution >= 4 is 28.9 Å². The molecule has 2 N–H and O–H groups in total. The van der Waals surface area contributed by atoms with E-state index in [0.717, 1.165) is 30.6 Å². The zero-order valence-corrected chi connectivity index (χ0v) is 11.6. The maximum atomic E-state index is 12.4. The van der Waals surface area contributed by atoms with Crippen LogP contribution in [0.4, 0.5) is 11.4 Å². The molecule has 0 saturated heterocycles. The van der Waals surface area contributed by atoms with Gasteiger partial charge in [0.2, 0.25) is 0 Å². The van der Waals surface area contributed by atoms with E-state index >= 15 is 0 Å². The van der Waals surface area contributed by atoms with Gasteiger partial charge in [-0.2, -0.15) is 0 Å². The van der Waals surface area contributed by atoms with E-state index in [4.69, 9.17) is 11.6 Å². The SMILES string of the molecule is O=C(Nc1ccc(Cl)nc1)c1cccc2c1CCCN2. The number of pyridine rings is 1. The number of anilines is 2. The predicted octanol–water partition coefficient (Wildman–Crippen LogP) is 3.35. The van der Waals surface area contributed by atoms with E-state index in [1.54, 1.807) is 18.3 Å². The molecule has 0 spiro atoms. The van der Waals surface area contributed by atoms with Crippen molar-refractivity contribution < 1.29 is 4.79 Å². The normalized spacial score (nSPS) is 13.2. The summed E-state index contributed by atoms with van der Waals surface area (Å²) in [5.41, 5.74) is 3.49. The molecule has 0 radical (unpaired) electrons. The van der Waals surface area contributed by atoms with Gasteiger partial charge >= 0.3 is 0 Å². The molecule has 1 aromatic heterocycles. The zero-order valence-electron chi connectivity index (χ0n) is 10.8. The number of aromatic nitrogens is 1. The van der Waals surface area contributed by atoms with E-state index in [2.05, 4.69) is 15.6 Å². The van der Waals surface area contributed by atoms with Gasteiger partial charge in [0.1, 0.15) is 5.15 Å². The van der Waals surface area contributed by atoms with E-state index in [-0.39, 0.29) is 5.91 Å². The lowest BCUT2D eigenvalue weighted by atomic mass is 9.97. The largest absolute Gasteiger partial charge is 0.385 e. The quantitative estimate of drug-likeness (QED) is 0.833. The molecule has 0 saturated carbocycles. The molecule has 102 valence electrons. The van der Waals surface area contributed by atoms with Crippen molar-refractivity contribution in [3.05, 3.63) is 52.8 Å². The fourth-order valence-corrected chi connectivity index (χ4v) is 2.48. The Kier molecular flexibility index (Phi) is 3.56. The van der Waals surface area contributed by atoms with Crippen LogP contribution in [-0.2, 0) is 6.42 Å². The number of fused-ring (bicyclic) bond motifs is 1. The predicted molar refractivity (Wildman–Crippen MR) is 80.5 cm³/mol. The van der Waals surface area contributed by atoms with Gasteiger partial charge in [0.05, 0.1) is 11.9 Å². The van der Waals surface area contributed by atoms with E-state index in [1.807, 2.05) is 18.2 Å². The Bertz CT molecular complexity index is 640. The van der Waals surface area contributed by atoms with Crippen LogP contribution in [0.2, 0.25) is 5.15 Å². The first-order chi connectivity index (χ1) is 9.74. The minimum absolute atomic E-state index is 0.116. The highest BCUT2D eigenvalue weighted by Gasteiger charge is 2.17. The molecule has 1 aromatic carbocycles. The number of halogens is 1. The first-order valence-corrected chi connectivity index (χ1v) is 6.90. The summed E-state index contributed by atoms with van der Waals surface area (Å²) in [5.74, 6) is -0.116. The molecular weight excluding hydrogens is 274 g/mol. The van der Waals surface area contributed by atoms with Crippen molar-refractivity contribution in [3.63, 3.8) is 0 Å². The van der Waals surface area contributed by atoms with Crippen molar-refractivity contribution in [1.82, 2.24) is 4.98 Å². The van der Waals surface area contributed by atoms with Gasteiger partial charge in [0, 0.05) is 17.8 Å². The summed E-state index contributed by atoms with van der Waals surface area (Å²) in [6, 6.07) is 9.14. The number of nitrogens with one attached hydrogen (secondary N) is 2. The van der Waals surface area contributed by atoms with Gasteiger partial charge in [-0.3, -0.25) is 4.79 Å². The summed E-state index contributed by atoms with van der Waals surface area (Å²) in [6.45, 7) is 0.958. The van der Waals surface area contributed by atoms with E-state index in [9.17, 15) is 4.79 Å². The lowest BCUT2D eigenvalue weighted by Gasteiger charge is -2.20. The number of carbonyl (C=O) groups excluding carboxylic acids is 1. The van der Waals surface area contributed by atoms with Gasteiger partial charge in [-0.15, -0.1) is 0 Å². The Morgan fingerprint density at radius 2 is 2.20 bits per heavy atom. The standard InChI is InChI=1S/C15H14ClN3O/c16-14-7-6-10(9-18-14)19-15(20)12-3-1-5-13-11(12)4-2-8-17-13/h1,3,5-7,9,17H,2,4,8H2,(H,19,20). The van der Waals surface area contributed by atoms with Gasteiger partial charge in [-0.1, -0.05) is 17.7 Å². The molecule has 0 bridgehead atoms. The fraction of sp³-hybridized carbons (Fsp3) is 0.200. The molecule has 0 atom stereocenters. The van der Waals surface area contributed by atoms with E-state index in [1.165, 1.54) is 0 Å². The van der Waals surface area contributed by atoms with Crippen molar-refractivity contribution in [2.24, 2.45) is 0 Å². The monoisotopic (exact) mass is 287 g/mol. The topological polar surface area (TPSA) is 54.0 Å². The van der Waals surface area contributed by atoms with E-state index in [0.29, 0.717) is 16.4 Å². The van der Waals surface area contributed by atoms with Gasteiger partial charge in [0.15, 0.2) is 0 Å². The summed E-state index contributed by atoms with van der Waals surface area (Å²) in [7, 11) is 0. The number of nitrogens with zero attached hydrogens (tertiary/aromatic N) is 1. The Labute approximate surface area is 122 Å². The molecule has 4 nitrogen and oxygen atoms in total. The second-order valence-electron chi connectivity index (χ2n) is 4.69. The number of rotatable bonds is 2. The van der Waals surface area contributed by atoms with Crippen LogP contribution in [-0.4, -0.2) is 17.4 Å². The smallest absolute Gasteiger partial charge is 0.256 e. The summed E-state index contributed by atoms with van der Waals surface area (Å²) in [6.07, 6.45) is 3.51. The maximum absolute atomic E-state index is 12.4. The Morgan fingerprint density at radius 3 is 3.00 bits per heavy atom. The van der Waals surface area contributed by atoms with Crippen molar-refractivity contribution in [2.45, 2.75) is 12.8 Å². The first-order valence-electron chi connectivity index (χ1n) is 6.53. The minimum atomic E-state index is -0.116. The van der Waals surface area contributed by atoms with Crippen LogP contribution in [0.5, 0.6) is 0 Å². The number of amides is 1. The van der Waals surface area contributed by atoms with Crippen LogP contribution >= 0.6 is 11.6 Å². The average molecular weight is 288 g/mol. The summed E-state index contributed by atoms with van der Waals surface area (Å²) >= 11 is 5.73. The second kappa shape index (κ2) is 5.51. The lowest BCUT2D eigenvalue weighted by molar-refractivity contribution is 0.102.